The Hall–Kier alpha value is -1.06. The monoisotopic (exact) mass is 364 g/mol. The highest BCUT2D eigenvalue weighted by Crippen LogP contribution is 2.68. The molecule has 0 aromatic carbocycles. The number of fused-ring (bicyclic) bond motifs is 5. The summed E-state index contributed by atoms with van der Waals surface area (Å²) in [5, 5.41) is 0. The lowest BCUT2D eigenvalue weighted by atomic mass is 9.46. The van der Waals surface area contributed by atoms with Crippen molar-refractivity contribution in [3.8, 4) is 0 Å². The minimum Gasteiger partial charge on any atom is -0.300 e. The van der Waals surface area contributed by atoms with E-state index >= 15 is 0 Å². The zero-order valence-electron chi connectivity index (χ0n) is 16.1. The lowest BCUT2D eigenvalue weighted by molar-refractivity contribution is -0.132. The standard InChI is InChI=1S/C22H30F2O2/c1-12(25)19-16(20(23)24)11-18-15-5-4-13-10-14(26)6-8-21(13,2)17(15)7-9-22(18,19)3/h10,15-20H,4-9,11H2,1-3H3/t15-,16?,17+,18+,19+,21+,22+/m1/s1. The van der Waals surface area contributed by atoms with Gasteiger partial charge in [-0.15, -0.1) is 0 Å². The molecule has 1 unspecified atom stereocenters. The van der Waals surface area contributed by atoms with Crippen LogP contribution in [0.4, 0.5) is 8.78 Å². The highest BCUT2D eigenvalue weighted by Gasteiger charge is 2.63. The number of hydrogen-bond donors (Lipinski definition) is 0. The highest BCUT2D eigenvalue weighted by atomic mass is 19.3. The molecule has 26 heavy (non-hydrogen) atoms. The second-order valence-corrected chi connectivity index (χ2v) is 9.84. The van der Waals surface area contributed by atoms with Gasteiger partial charge in [0, 0.05) is 18.3 Å². The predicted octanol–water partition coefficient (Wildman–Crippen LogP) is 5.21. The van der Waals surface area contributed by atoms with Gasteiger partial charge in [0.2, 0.25) is 6.43 Å². The second kappa shape index (κ2) is 5.97. The fraction of sp³-hybridized carbons (Fsp3) is 0.818. The van der Waals surface area contributed by atoms with Crippen molar-refractivity contribution in [2.75, 3.05) is 0 Å². The molecule has 0 N–H and O–H groups in total. The Labute approximate surface area is 154 Å². The molecule has 0 heterocycles. The SMILES string of the molecule is CC(=O)[C@H]1C(C(F)F)C[C@H]2[C@@H]3CCC4=CC(=O)CC[C@]4(C)[C@H]3CC[C@]12C. The predicted molar refractivity (Wildman–Crippen MR) is 95.8 cm³/mol. The van der Waals surface area contributed by atoms with Crippen LogP contribution in [-0.2, 0) is 9.59 Å². The Morgan fingerprint density at radius 3 is 2.54 bits per heavy atom. The van der Waals surface area contributed by atoms with Gasteiger partial charge >= 0.3 is 0 Å². The number of ketones is 2. The van der Waals surface area contributed by atoms with Gasteiger partial charge in [-0.05, 0) is 80.1 Å². The van der Waals surface area contributed by atoms with Crippen LogP contribution in [0.1, 0.15) is 65.7 Å². The molecular weight excluding hydrogens is 334 g/mol. The molecule has 0 radical (unpaired) electrons. The summed E-state index contributed by atoms with van der Waals surface area (Å²) in [5.41, 5.74) is 1.06. The van der Waals surface area contributed by atoms with Gasteiger partial charge < -0.3 is 0 Å². The minimum absolute atomic E-state index is 0.0484. The van der Waals surface area contributed by atoms with Crippen LogP contribution in [-0.4, -0.2) is 18.0 Å². The van der Waals surface area contributed by atoms with Gasteiger partial charge in [0.05, 0.1) is 0 Å². The minimum atomic E-state index is -2.41. The van der Waals surface area contributed by atoms with E-state index < -0.39 is 18.3 Å². The van der Waals surface area contributed by atoms with E-state index in [-0.39, 0.29) is 28.3 Å². The largest absolute Gasteiger partial charge is 0.300 e. The van der Waals surface area contributed by atoms with Gasteiger partial charge in [-0.2, -0.15) is 0 Å². The van der Waals surface area contributed by atoms with Crippen LogP contribution in [0.3, 0.4) is 0 Å². The molecule has 3 saturated carbocycles. The summed E-state index contributed by atoms with van der Waals surface area (Å²) in [6.45, 7) is 5.92. The number of hydrogen-bond acceptors (Lipinski definition) is 2. The van der Waals surface area contributed by atoms with Crippen molar-refractivity contribution in [2.45, 2.75) is 72.1 Å². The van der Waals surface area contributed by atoms with E-state index in [4.69, 9.17) is 0 Å². The summed E-state index contributed by atoms with van der Waals surface area (Å²) in [4.78, 5) is 24.2. The second-order valence-electron chi connectivity index (χ2n) is 9.84. The molecule has 4 aliphatic carbocycles. The average Bonchev–Trinajstić information content (AvgIpc) is 2.89. The van der Waals surface area contributed by atoms with Gasteiger partial charge in [0.15, 0.2) is 5.78 Å². The van der Waals surface area contributed by atoms with Crippen molar-refractivity contribution in [3.63, 3.8) is 0 Å². The van der Waals surface area contributed by atoms with Crippen LogP contribution in [0.15, 0.2) is 11.6 Å². The zero-order valence-corrected chi connectivity index (χ0v) is 16.1. The molecule has 0 aliphatic heterocycles. The van der Waals surface area contributed by atoms with Crippen LogP contribution >= 0.6 is 0 Å². The van der Waals surface area contributed by atoms with Crippen molar-refractivity contribution in [1.29, 1.82) is 0 Å². The van der Waals surface area contributed by atoms with Gasteiger partial charge in [-0.1, -0.05) is 19.4 Å². The molecule has 144 valence electrons. The Balaban J connectivity index is 1.70. The molecule has 0 spiro atoms. The Kier molecular flexibility index (Phi) is 4.20. The van der Waals surface area contributed by atoms with Crippen LogP contribution < -0.4 is 0 Å². The van der Waals surface area contributed by atoms with Crippen molar-refractivity contribution < 1.29 is 18.4 Å². The molecule has 0 amide bonds. The maximum absolute atomic E-state index is 13.8. The summed E-state index contributed by atoms with van der Waals surface area (Å²) in [7, 11) is 0. The molecular formula is C22H30F2O2. The van der Waals surface area contributed by atoms with Crippen molar-refractivity contribution in [2.24, 2.45) is 40.4 Å². The van der Waals surface area contributed by atoms with E-state index in [1.165, 1.54) is 12.5 Å². The van der Waals surface area contributed by atoms with Gasteiger partial charge in [0.25, 0.3) is 0 Å². The van der Waals surface area contributed by atoms with E-state index in [9.17, 15) is 18.4 Å². The summed E-state index contributed by atoms with van der Waals surface area (Å²) in [5.74, 6) is 0.0130. The number of rotatable bonds is 2. The first kappa shape index (κ1) is 18.3. The van der Waals surface area contributed by atoms with E-state index in [2.05, 4.69) is 13.8 Å². The number of halogens is 2. The van der Waals surface area contributed by atoms with E-state index in [1.54, 1.807) is 0 Å². The third kappa shape index (κ3) is 2.39. The van der Waals surface area contributed by atoms with Gasteiger partial charge in [-0.3, -0.25) is 9.59 Å². The third-order valence-corrected chi connectivity index (χ3v) is 8.83. The molecule has 4 aliphatic rings. The first-order valence-corrected chi connectivity index (χ1v) is 10.2. The zero-order chi connectivity index (χ0) is 18.9. The van der Waals surface area contributed by atoms with Crippen molar-refractivity contribution in [3.05, 3.63) is 11.6 Å². The van der Waals surface area contributed by atoms with Gasteiger partial charge in [-0.25, -0.2) is 8.78 Å². The summed E-state index contributed by atoms with van der Waals surface area (Å²) >= 11 is 0. The Bertz CT molecular complexity index is 669. The van der Waals surface area contributed by atoms with Crippen LogP contribution in [0, 0.1) is 40.4 Å². The van der Waals surface area contributed by atoms with Crippen molar-refractivity contribution >= 4 is 11.6 Å². The fourth-order valence-corrected chi connectivity index (χ4v) is 7.67. The van der Waals surface area contributed by atoms with Crippen molar-refractivity contribution in [1.82, 2.24) is 0 Å². The first-order valence-electron chi connectivity index (χ1n) is 10.2. The van der Waals surface area contributed by atoms with Crippen LogP contribution in [0.2, 0.25) is 0 Å². The lowest BCUT2D eigenvalue weighted by Crippen LogP contribution is -2.51. The molecule has 0 aromatic rings. The fourth-order valence-electron chi connectivity index (χ4n) is 7.67. The number of carbonyl (C=O) groups excluding carboxylic acids is 2. The molecule has 0 bridgehead atoms. The Morgan fingerprint density at radius 1 is 1.15 bits per heavy atom. The molecule has 3 fully saturated rings. The van der Waals surface area contributed by atoms with E-state index in [1.807, 2.05) is 6.08 Å². The normalized spacial score (nSPS) is 47.8. The van der Waals surface area contributed by atoms with Crippen LogP contribution in [0.25, 0.3) is 0 Å². The summed E-state index contributed by atoms with van der Waals surface area (Å²) in [6.07, 6.45) is 5.24. The molecule has 4 heteroatoms. The smallest absolute Gasteiger partial charge is 0.242 e. The summed E-state index contributed by atoms with van der Waals surface area (Å²) < 4.78 is 27.5. The van der Waals surface area contributed by atoms with E-state index in [0.29, 0.717) is 24.7 Å². The first-order chi connectivity index (χ1) is 12.2. The van der Waals surface area contributed by atoms with Crippen LogP contribution in [0.5, 0.6) is 0 Å². The number of alkyl halides is 2. The molecule has 0 aromatic heterocycles. The lowest BCUT2D eigenvalue weighted by Gasteiger charge is -2.58. The maximum atomic E-state index is 13.8. The third-order valence-electron chi connectivity index (χ3n) is 8.83. The quantitative estimate of drug-likeness (QED) is 0.674. The molecule has 4 rings (SSSR count). The number of Topliss-reactive ketones (excluding diaryl/α,β-unsaturated/α-hetero) is 1. The topological polar surface area (TPSA) is 34.1 Å². The Morgan fingerprint density at radius 2 is 1.88 bits per heavy atom. The number of allylic oxidation sites excluding steroid dienone is 1. The average molecular weight is 364 g/mol. The number of carbonyl (C=O) groups is 2. The maximum Gasteiger partial charge on any atom is 0.242 e. The molecule has 2 nitrogen and oxygen atoms in total. The summed E-state index contributed by atoms with van der Waals surface area (Å²) in [6, 6.07) is 0. The van der Waals surface area contributed by atoms with Gasteiger partial charge in [0.1, 0.15) is 5.78 Å². The highest BCUT2D eigenvalue weighted by molar-refractivity contribution is 5.91. The van der Waals surface area contributed by atoms with E-state index in [0.717, 1.165) is 32.1 Å². The molecule has 7 atom stereocenters. The molecule has 0 saturated heterocycles.